The summed E-state index contributed by atoms with van der Waals surface area (Å²) in [4.78, 5) is 3.66. The SMILES string of the molecule is [C-]#[N+]c1cccc(-n2c3ccccc3c3ccc(-n4c5ccccc5c5ccccc54)cc32)c1. The first kappa shape index (κ1) is 18.7. The van der Waals surface area contributed by atoms with Crippen molar-refractivity contribution in [1.29, 1.82) is 0 Å². The van der Waals surface area contributed by atoms with Gasteiger partial charge in [-0.3, -0.25) is 0 Å². The maximum Gasteiger partial charge on any atom is 0.189 e. The van der Waals surface area contributed by atoms with E-state index in [0.717, 1.165) is 22.4 Å². The van der Waals surface area contributed by atoms with E-state index in [1.807, 2.05) is 18.2 Å². The van der Waals surface area contributed by atoms with Gasteiger partial charge in [-0.1, -0.05) is 72.8 Å². The van der Waals surface area contributed by atoms with Crippen molar-refractivity contribution >= 4 is 49.3 Å². The molecule has 7 rings (SSSR count). The number of benzene rings is 5. The first-order valence-corrected chi connectivity index (χ1v) is 11.3. The van der Waals surface area contributed by atoms with E-state index in [4.69, 9.17) is 6.57 Å². The van der Waals surface area contributed by atoms with Crippen LogP contribution in [0.5, 0.6) is 0 Å². The van der Waals surface area contributed by atoms with E-state index in [-0.39, 0.29) is 0 Å². The largest absolute Gasteiger partial charge is 0.310 e. The van der Waals surface area contributed by atoms with Crippen molar-refractivity contribution in [3.63, 3.8) is 0 Å². The van der Waals surface area contributed by atoms with Crippen LogP contribution in [0.15, 0.2) is 115 Å². The third-order valence-electron chi connectivity index (χ3n) is 6.71. The fraction of sp³-hybridized carbons (Fsp3) is 0. The molecule has 0 amide bonds. The number of aromatic nitrogens is 2. The Morgan fingerprint density at radius 2 is 0.941 bits per heavy atom. The van der Waals surface area contributed by atoms with Crippen LogP contribution in [0.3, 0.4) is 0 Å². The van der Waals surface area contributed by atoms with Crippen LogP contribution in [0.1, 0.15) is 0 Å². The predicted molar refractivity (Wildman–Crippen MR) is 141 cm³/mol. The lowest BCUT2D eigenvalue weighted by molar-refractivity contribution is 1.16. The van der Waals surface area contributed by atoms with Crippen LogP contribution in [0.2, 0.25) is 0 Å². The van der Waals surface area contributed by atoms with Gasteiger partial charge in [0.05, 0.1) is 28.6 Å². The van der Waals surface area contributed by atoms with Crippen molar-refractivity contribution in [2.24, 2.45) is 0 Å². The van der Waals surface area contributed by atoms with Gasteiger partial charge in [0.1, 0.15) is 0 Å². The van der Waals surface area contributed by atoms with Crippen molar-refractivity contribution in [3.8, 4) is 11.4 Å². The van der Waals surface area contributed by atoms with Gasteiger partial charge in [-0.25, -0.2) is 4.85 Å². The Kier molecular flexibility index (Phi) is 3.91. The minimum absolute atomic E-state index is 0.641. The van der Waals surface area contributed by atoms with Crippen LogP contribution >= 0.6 is 0 Å². The molecule has 0 aliphatic carbocycles. The number of fused-ring (bicyclic) bond motifs is 6. The summed E-state index contributed by atoms with van der Waals surface area (Å²) in [6.07, 6.45) is 0. The van der Waals surface area contributed by atoms with Crippen molar-refractivity contribution in [2.45, 2.75) is 0 Å². The molecule has 34 heavy (non-hydrogen) atoms. The molecular weight excluding hydrogens is 414 g/mol. The summed E-state index contributed by atoms with van der Waals surface area (Å²) in [5.41, 5.74) is 7.42. The number of para-hydroxylation sites is 3. The average Bonchev–Trinajstić information content (AvgIpc) is 3.41. The molecule has 7 aromatic rings. The van der Waals surface area contributed by atoms with Crippen molar-refractivity contribution in [2.75, 3.05) is 0 Å². The van der Waals surface area contributed by atoms with E-state index >= 15 is 0 Å². The van der Waals surface area contributed by atoms with E-state index in [2.05, 4.69) is 111 Å². The van der Waals surface area contributed by atoms with Crippen LogP contribution in [-0.4, -0.2) is 9.13 Å². The summed E-state index contributed by atoms with van der Waals surface area (Å²) in [5, 5.41) is 4.92. The monoisotopic (exact) mass is 433 g/mol. The topological polar surface area (TPSA) is 14.2 Å². The molecule has 0 bridgehead atoms. The van der Waals surface area contributed by atoms with Gasteiger partial charge in [-0.05, 0) is 42.5 Å². The zero-order chi connectivity index (χ0) is 22.6. The first-order chi connectivity index (χ1) is 16.8. The molecule has 158 valence electrons. The number of hydrogen-bond donors (Lipinski definition) is 0. The highest BCUT2D eigenvalue weighted by molar-refractivity contribution is 6.12. The quantitative estimate of drug-likeness (QED) is 0.243. The van der Waals surface area contributed by atoms with E-state index in [0.29, 0.717) is 5.69 Å². The molecule has 3 heteroatoms. The van der Waals surface area contributed by atoms with Gasteiger partial charge < -0.3 is 9.13 Å². The Hall–Kier alpha value is -4.81. The lowest BCUT2D eigenvalue weighted by atomic mass is 10.1. The highest BCUT2D eigenvalue weighted by Gasteiger charge is 2.16. The molecule has 0 aliphatic heterocycles. The number of hydrogen-bond acceptors (Lipinski definition) is 0. The molecule has 0 saturated carbocycles. The number of nitrogens with zero attached hydrogens (tertiary/aromatic N) is 3. The van der Waals surface area contributed by atoms with Crippen LogP contribution in [-0.2, 0) is 0 Å². The van der Waals surface area contributed by atoms with Crippen LogP contribution in [0, 0.1) is 6.57 Å². The number of rotatable bonds is 2. The standard InChI is InChI=1S/C31H19N3/c1-32-21-9-8-10-22(19-21)34-30-16-7-4-13-26(30)27-18-17-23(20-31(27)34)33-28-14-5-2-11-24(28)25-12-3-6-15-29(25)33/h2-20H. The van der Waals surface area contributed by atoms with Crippen LogP contribution in [0.25, 0.3) is 59.8 Å². The van der Waals surface area contributed by atoms with Crippen molar-refractivity contribution in [1.82, 2.24) is 9.13 Å². The molecule has 0 saturated heterocycles. The average molecular weight is 434 g/mol. The highest BCUT2D eigenvalue weighted by atomic mass is 15.0. The van der Waals surface area contributed by atoms with E-state index in [9.17, 15) is 0 Å². The van der Waals surface area contributed by atoms with Crippen molar-refractivity contribution < 1.29 is 0 Å². The third kappa shape index (κ3) is 2.57. The lowest BCUT2D eigenvalue weighted by Gasteiger charge is -2.11. The van der Waals surface area contributed by atoms with Crippen LogP contribution in [0.4, 0.5) is 5.69 Å². The summed E-state index contributed by atoms with van der Waals surface area (Å²) in [6.45, 7) is 7.49. The lowest BCUT2D eigenvalue weighted by Crippen LogP contribution is -1.96. The van der Waals surface area contributed by atoms with E-state index in [1.54, 1.807) is 0 Å². The zero-order valence-corrected chi connectivity index (χ0v) is 18.3. The molecule has 0 spiro atoms. The summed E-state index contributed by atoms with van der Waals surface area (Å²) in [6, 6.07) is 40.2. The molecule has 2 aromatic heterocycles. The molecule has 3 nitrogen and oxygen atoms in total. The fourth-order valence-electron chi connectivity index (χ4n) is 5.28. The second-order valence-corrected chi connectivity index (χ2v) is 8.56. The van der Waals surface area contributed by atoms with Gasteiger partial charge in [0.25, 0.3) is 0 Å². The predicted octanol–water partition coefficient (Wildman–Crippen LogP) is 8.43. The third-order valence-corrected chi connectivity index (χ3v) is 6.71. The van der Waals surface area contributed by atoms with Crippen molar-refractivity contribution in [3.05, 3.63) is 127 Å². The molecule has 0 N–H and O–H groups in total. The normalized spacial score (nSPS) is 11.5. The van der Waals surface area contributed by atoms with Gasteiger partial charge >= 0.3 is 0 Å². The molecule has 0 unspecified atom stereocenters. The molecule has 0 atom stereocenters. The fourth-order valence-corrected chi connectivity index (χ4v) is 5.28. The second kappa shape index (κ2) is 7.10. The Bertz CT molecular complexity index is 1870. The van der Waals surface area contributed by atoms with Gasteiger partial charge in [0, 0.05) is 32.9 Å². The molecule has 5 aromatic carbocycles. The molecular formula is C31H19N3. The first-order valence-electron chi connectivity index (χ1n) is 11.3. The van der Waals surface area contributed by atoms with Crippen LogP contribution < -0.4 is 0 Å². The van der Waals surface area contributed by atoms with Gasteiger partial charge in [0.15, 0.2) is 5.69 Å². The minimum Gasteiger partial charge on any atom is -0.310 e. The van der Waals surface area contributed by atoms with Gasteiger partial charge in [0.2, 0.25) is 0 Å². The Labute approximate surface area is 196 Å². The summed E-state index contributed by atoms with van der Waals surface area (Å²) < 4.78 is 4.62. The Morgan fingerprint density at radius 1 is 0.441 bits per heavy atom. The van der Waals surface area contributed by atoms with E-state index < -0.39 is 0 Å². The smallest absolute Gasteiger partial charge is 0.189 e. The summed E-state index contributed by atoms with van der Waals surface area (Å²) in [5.74, 6) is 0. The summed E-state index contributed by atoms with van der Waals surface area (Å²) >= 11 is 0. The Balaban J connectivity index is 1.60. The summed E-state index contributed by atoms with van der Waals surface area (Å²) in [7, 11) is 0. The molecule has 0 aliphatic rings. The maximum atomic E-state index is 7.49. The Morgan fingerprint density at radius 3 is 1.53 bits per heavy atom. The minimum atomic E-state index is 0.641. The maximum absolute atomic E-state index is 7.49. The van der Waals surface area contributed by atoms with E-state index in [1.165, 1.54) is 32.6 Å². The highest BCUT2D eigenvalue weighted by Crippen LogP contribution is 2.37. The van der Waals surface area contributed by atoms with Gasteiger partial charge in [-0.15, -0.1) is 0 Å². The second-order valence-electron chi connectivity index (χ2n) is 8.56. The zero-order valence-electron chi connectivity index (χ0n) is 18.3. The molecule has 0 radical (unpaired) electrons. The molecule has 2 heterocycles. The molecule has 0 fully saturated rings. The van der Waals surface area contributed by atoms with Gasteiger partial charge in [-0.2, -0.15) is 0 Å².